The van der Waals surface area contributed by atoms with Crippen LogP contribution in [0.15, 0.2) is 0 Å². The Morgan fingerprint density at radius 1 is 1.00 bits per heavy atom. The molecule has 1 saturated heterocycles. The molecule has 2 nitrogen and oxygen atoms in total. The minimum atomic E-state index is -5.45. The van der Waals surface area contributed by atoms with Gasteiger partial charge in [0, 0.05) is 26.2 Å². The lowest BCUT2D eigenvalue weighted by atomic mass is 10.1. The number of halogens is 5. The van der Waals surface area contributed by atoms with E-state index in [4.69, 9.17) is 9.47 Å². The van der Waals surface area contributed by atoms with Crippen LogP contribution in [-0.2, 0) is 9.47 Å². The zero-order chi connectivity index (χ0) is 15.1. The molecule has 0 aromatic carbocycles. The number of hydrogen-bond acceptors (Lipinski definition) is 2. The Hall–Kier alpha value is -0.430. The minimum absolute atomic E-state index is 0.193. The molecule has 0 amide bonds. The fraction of sp³-hybridized carbons (Fsp3) is 1.00. The fourth-order valence-corrected chi connectivity index (χ4v) is 2.04. The lowest BCUT2D eigenvalue weighted by Gasteiger charge is -2.22. The van der Waals surface area contributed by atoms with Gasteiger partial charge in [-0.2, -0.15) is 22.0 Å². The first-order chi connectivity index (χ1) is 9.33. The zero-order valence-electron chi connectivity index (χ0n) is 11.4. The highest BCUT2D eigenvalue weighted by molar-refractivity contribution is 4.75. The lowest BCUT2D eigenvalue weighted by Crippen LogP contribution is -2.36. The third-order valence-electron chi connectivity index (χ3n) is 3.30. The van der Waals surface area contributed by atoms with Crippen molar-refractivity contribution in [2.75, 3.05) is 19.8 Å². The van der Waals surface area contributed by atoms with E-state index in [1.807, 2.05) is 0 Å². The summed E-state index contributed by atoms with van der Waals surface area (Å²) in [5.74, 6) is -4.59. The predicted molar refractivity (Wildman–Crippen MR) is 63.9 cm³/mol. The Morgan fingerprint density at radius 3 is 2.35 bits per heavy atom. The third kappa shape index (κ3) is 6.35. The maximum Gasteiger partial charge on any atom is 0.453 e. The largest absolute Gasteiger partial charge is 0.453 e. The first-order valence-corrected chi connectivity index (χ1v) is 6.97. The van der Waals surface area contributed by atoms with Gasteiger partial charge in [-0.3, -0.25) is 0 Å². The summed E-state index contributed by atoms with van der Waals surface area (Å²) >= 11 is 0. The van der Waals surface area contributed by atoms with E-state index in [1.165, 1.54) is 0 Å². The quantitative estimate of drug-likeness (QED) is 0.491. The van der Waals surface area contributed by atoms with Gasteiger partial charge in [-0.15, -0.1) is 0 Å². The molecule has 0 aliphatic carbocycles. The van der Waals surface area contributed by atoms with Crippen molar-refractivity contribution in [3.05, 3.63) is 0 Å². The van der Waals surface area contributed by atoms with Crippen LogP contribution in [0.1, 0.15) is 44.9 Å². The molecule has 0 radical (unpaired) electrons. The molecular formula is C13H21F5O2. The number of hydrogen-bond donors (Lipinski definition) is 0. The molecule has 1 fully saturated rings. The van der Waals surface area contributed by atoms with Crippen LogP contribution in [0.25, 0.3) is 0 Å². The van der Waals surface area contributed by atoms with Gasteiger partial charge in [0.25, 0.3) is 0 Å². The van der Waals surface area contributed by atoms with Crippen LogP contribution in [0.5, 0.6) is 0 Å². The molecule has 120 valence electrons. The van der Waals surface area contributed by atoms with E-state index in [1.54, 1.807) is 0 Å². The van der Waals surface area contributed by atoms with E-state index in [0.29, 0.717) is 6.61 Å². The van der Waals surface area contributed by atoms with Crippen molar-refractivity contribution in [1.82, 2.24) is 0 Å². The molecule has 0 saturated carbocycles. The van der Waals surface area contributed by atoms with E-state index in [-0.39, 0.29) is 25.6 Å². The third-order valence-corrected chi connectivity index (χ3v) is 3.30. The smallest absolute Gasteiger partial charge is 0.381 e. The van der Waals surface area contributed by atoms with Gasteiger partial charge in [-0.1, -0.05) is 0 Å². The topological polar surface area (TPSA) is 18.5 Å². The van der Waals surface area contributed by atoms with Crippen molar-refractivity contribution in [3.63, 3.8) is 0 Å². The van der Waals surface area contributed by atoms with Crippen molar-refractivity contribution in [2.24, 2.45) is 0 Å². The first kappa shape index (κ1) is 17.6. The monoisotopic (exact) mass is 304 g/mol. The second-order valence-electron chi connectivity index (χ2n) is 5.05. The van der Waals surface area contributed by atoms with Crippen LogP contribution in [0.4, 0.5) is 22.0 Å². The van der Waals surface area contributed by atoms with Crippen LogP contribution in [-0.4, -0.2) is 38.0 Å². The predicted octanol–water partition coefficient (Wildman–Crippen LogP) is 4.33. The van der Waals surface area contributed by atoms with Crippen LogP contribution in [0, 0.1) is 0 Å². The molecule has 0 aromatic heterocycles. The average Bonchev–Trinajstić information content (AvgIpc) is 2.37. The van der Waals surface area contributed by atoms with E-state index >= 15 is 0 Å². The molecule has 20 heavy (non-hydrogen) atoms. The summed E-state index contributed by atoms with van der Waals surface area (Å²) < 4.78 is 71.5. The van der Waals surface area contributed by atoms with Gasteiger partial charge in [-0.25, -0.2) is 0 Å². The van der Waals surface area contributed by atoms with Crippen LogP contribution in [0.3, 0.4) is 0 Å². The molecule has 0 spiro atoms. The van der Waals surface area contributed by atoms with Crippen molar-refractivity contribution in [1.29, 1.82) is 0 Å². The van der Waals surface area contributed by atoms with Crippen LogP contribution >= 0.6 is 0 Å². The summed E-state index contributed by atoms with van der Waals surface area (Å²) in [4.78, 5) is 0. The maximum atomic E-state index is 12.6. The zero-order valence-corrected chi connectivity index (χ0v) is 11.4. The number of ether oxygens (including phenoxy) is 2. The average molecular weight is 304 g/mol. The molecule has 1 aliphatic heterocycles. The molecule has 7 heteroatoms. The van der Waals surface area contributed by atoms with E-state index in [2.05, 4.69) is 0 Å². The summed E-state index contributed by atoms with van der Waals surface area (Å²) in [7, 11) is 0. The normalized spacial score (nSPS) is 21.1. The molecule has 1 rings (SSSR count). The highest BCUT2D eigenvalue weighted by Crippen LogP contribution is 2.39. The Kier molecular flexibility index (Phi) is 7.15. The van der Waals surface area contributed by atoms with Crippen LogP contribution in [0.2, 0.25) is 0 Å². The second-order valence-corrected chi connectivity index (χ2v) is 5.05. The van der Waals surface area contributed by atoms with Gasteiger partial charge in [0.05, 0.1) is 6.10 Å². The fourth-order valence-electron chi connectivity index (χ4n) is 2.04. The molecule has 1 atom stereocenters. The Morgan fingerprint density at radius 2 is 1.75 bits per heavy atom. The Balaban J connectivity index is 1.97. The summed E-state index contributed by atoms with van der Waals surface area (Å²) in [5.41, 5.74) is 0. The Labute approximate surface area is 115 Å². The van der Waals surface area contributed by atoms with Crippen LogP contribution < -0.4 is 0 Å². The lowest BCUT2D eigenvalue weighted by molar-refractivity contribution is -0.284. The highest BCUT2D eigenvalue weighted by Gasteiger charge is 2.56. The van der Waals surface area contributed by atoms with Crippen molar-refractivity contribution in [2.45, 2.75) is 63.1 Å². The molecule has 1 heterocycles. The summed E-state index contributed by atoms with van der Waals surface area (Å²) in [6, 6.07) is 0. The number of rotatable bonds is 8. The molecule has 0 N–H and O–H groups in total. The van der Waals surface area contributed by atoms with Crippen molar-refractivity contribution in [3.8, 4) is 0 Å². The molecular weight excluding hydrogens is 283 g/mol. The van der Waals surface area contributed by atoms with Crippen molar-refractivity contribution >= 4 is 0 Å². The molecule has 0 bridgehead atoms. The molecule has 1 unspecified atom stereocenters. The molecule has 1 aliphatic rings. The summed E-state index contributed by atoms with van der Waals surface area (Å²) in [5, 5.41) is 0. The summed E-state index contributed by atoms with van der Waals surface area (Å²) in [6.07, 6.45) is -2.47. The highest BCUT2D eigenvalue weighted by atomic mass is 19.4. The maximum absolute atomic E-state index is 12.6. The summed E-state index contributed by atoms with van der Waals surface area (Å²) in [6.45, 7) is 1.43. The van der Waals surface area contributed by atoms with E-state index < -0.39 is 18.5 Å². The van der Waals surface area contributed by atoms with Gasteiger partial charge < -0.3 is 9.47 Å². The van der Waals surface area contributed by atoms with Crippen molar-refractivity contribution < 1.29 is 31.4 Å². The molecule has 0 aromatic rings. The second kappa shape index (κ2) is 8.12. The minimum Gasteiger partial charge on any atom is -0.381 e. The first-order valence-electron chi connectivity index (χ1n) is 6.97. The Bertz CT molecular complexity index is 262. The SMILES string of the molecule is FC(F)(F)C(F)(F)CCCCOCCC1CCCCO1. The number of unbranched alkanes of at least 4 members (excludes halogenated alkanes) is 1. The standard InChI is InChI=1S/C13H21F5O2/c14-12(15,13(16,17)18)7-2-4-8-19-10-6-11-5-1-3-9-20-11/h11H,1-10H2. The number of alkyl halides is 5. The van der Waals surface area contributed by atoms with Gasteiger partial charge in [0.1, 0.15) is 0 Å². The van der Waals surface area contributed by atoms with Gasteiger partial charge in [-0.05, 0) is 38.5 Å². The van der Waals surface area contributed by atoms with E-state index in [0.717, 1.165) is 32.3 Å². The van der Waals surface area contributed by atoms with E-state index in [9.17, 15) is 22.0 Å². The van der Waals surface area contributed by atoms with Gasteiger partial charge in [0.15, 0.2) is 0 Å². The van der Waals surface area contributed by atoms with Gasteiger partial charge >= 0.3 is 12.1 Å². The van der Waals surface area contributed by atoms with Gasteiger partial charge in [0.2, 0.25) is 0 Å².